The molecule has 0 heterocycles. The van der Waals surface area contributed by atoms with Gasteiger partial charge in [0.2, 0.25) is 0 Å². The molecule has 0 aliphatic carbocycles. The van der Waals surface area contributed by atoms with Gasteiger partial charge in [0.05, 0.1) is 11.6 Å². The highest BCUT2D eigenvalue weighted by Gasteiger charge is 2.36. The highest BCUT2D eigenvalue weighted by atomic mass is 79.9. The molecule has 2 N–H and O–H groups in total. The zero-order valence-corrected chi connectivity index (χ0v) is 12.8. The van der Waals surface area contributed by atoms with E-state index in [1.54, 1.807) is 12.1 Å². The average molecular weight is 318 g/mol. The minimum absolute atomic E-state index is 0.281. The molecule has 0 radical (unpaired) electrons. The number of nitrogens with two attached hydrogens (primary N) is 1. The van der Waals surface area contributed by atoms with Crippen LogP contribution in [0.5, 0.6) is 0 Å². The van der Waals surface area contributed by atoms with Crippen molar-refractivity contribution in [1.82, 2.24) is 0 Å². The summed E-state index contributed by atoms with van der Waals surface area (Å²) in [6.07, 6.45) is 1.51. The summed E-state index contributed by atoms with van der Waals surface area (Å²) in [4.78, 5) is 0. The van der Waals surface area contributed by atoms with Gasteiger partial charge in [-0.15, -0.1) is 0 Å². The van der Waals surface area contributed by atoms with Crippen molar-refractivity contribution in [3.63, 3.8) is 0 Å². The first-order valence-corrected chi connectivity index (χ1v) is 7.14. The molecule has 0 saturated heterocycles. The summed E-state index contributed by atoms with van der Waals surface area (Å²) in [6.45, 7) is 6.55. The lowest BCUT2D eigenvalue weighted by atomic mass is 9.84. The minimum Gasteiger partial charge on any atom is -0.373 e. The molecule has 18 heavy (non-hydrogen) atoms. The van der Waals surface area contributed by atoms with Crippen molar-refractivity contribution in [2.75, 3.05) is 6.61 Å². The quantitative estimate of drug-likeness (QED) is 0.854. The fourth-order valence-corrected chi connectivity index (χ4v) is 2.69. The fourth-order valence-electron chi connectivity index (χ4n) is 2.31. The molecule has 1 unspecified atom stereocenters. The third kappa shape index (κ3) is 3.11. The van der Waals surface area contributed by atoms with Crippen molar-refractivity contribution in [3.8, 4) is 0 Å². The first-order valence-electron chi connectivity index (χ1n) is 6.35. The zero-order valence-electron chi connectivity index (χ0n) is 11.2. The molecule has 0 bridgehead atoms. The monoisotopic (exact) mass is 317 g/mol. The maximum Gasteiger partial charge on any atom is 0.128 e. The Balaban J connectivity index is 3.16. The fraction of sp³-hybridized carbons (Fsp3) is 0.571. The number of rotatable bonds is 6. The molecule has 0 amide bonds. The topological polar surface area (TPSA) is 35.2 Å². The maximum atomic E-state index is 13.9. The van der Waals surface area contributed by atoms with Crippen molar-refractivity contribution in [1.29, 1.82) is 0 Å². The average Bonchev–Trinajstić information content (AvgIpc) is 2.38. The standard InChI is InChI=1S/C14H21BrFNO/c1-4-14(5-2,18-6-3)13(17)11-9-10(15)7-8-12(11)16/h7-9,13H,4-6,17H2,1-3H3. The largest absolute Gasteiger partial charge is 0.373 e. The molecule has 1 atom stereocenters. The van der Waals surface area contributed by atoms with Gasteiger partial charge in [-0.3, -0.25) is 0 Å². The smallest absolute Gasteiger partial charge is 0.128 e. The van der Waals surface area contributed by atoms with Crippen molar-refractivity contribution < 1.29 is 9.13 Å². The Hall–Kier alpha value is -0.450. The second-order valence-corrected chi connectivity index (χ2v) is 5.26. The van der Waals surface area contributed by atoms with E-state index in [4.69, 9.17) is 10.5 Å². The molecule has 0 aliphatic heterocycles. The third-order valence-electron chi connectivity index (χ3n) is 3.49. The van der Waals surface area contributed by atoms with Gasteiger partial charge in [0.25, 0.3) is 0 Å². The van der Waals surface area contributed by atoms with E-state index in [0.29, 0.717) is 12.2 Å². The first-order chi connectivity index (χ1) is 8.50. The molecule has 1 aromatic carbocycles. The number of hydrogen-bond acceptors (Lipinski definition) is 2. The van der Waals surface area contributed by atoms with Crippen LogP contribution in [0.15, 0.2) is 22.7 Å². The van der Waals surface area contributed by atoms with E-state index in [0.717, 1.165) is 17.3 Å². The van der Waals surface area contributed by atoms with Crippen LogP contribution >= 0.6 is 15.9 Å². The molecule has 2 nitrogen and oxygen atoms in total. The van der Waals surface area contributed by atoms with Gasteiger partial charge < -0.3 is 10.5 Å². The van der Waals surface area contributed by atoms with Gasteiger partial charge in [0.1, 0.15) is 5.82 Å². The molecule has 0 aliphatic rings. The van der Waals surface area contributed by atoms with Gasteiger partial charge in [-0.1, -0.05) is 29.8 Å². The molecule has 0 spiro atoms. The van der Waals surface area contributed by atoms with E-state index in [2.05, 4.69) is 15.9 Å². The number of benzene rings is 1. The van der Waals surface area contributed by atoms with Crippen molar-refractivity contribution >= 4 is 15.9 Å². The van der Waals surface area contributed by atoms with E-state index in [1.165, 1.54) is 6.07 Å². The van der Waals surface area contributed by atoms with Crippen LogP contribution in [-0.2, 0) is 4.74 Å². The van der Waals surface area contributed by atoms with Gasteiger partial charge in [0.15, 0.2) is 0 Å². The Labute approximate surface area is 117 Å². The first kappa shape index (κ1) is 15.6. The summed E-state index contributed by atoms with van der Waals surface area (Å²) in [5.74, 6) is -0.281. The Bertz CT molecular complexity index is 393. The summed E-state index contributed by atoms with van der Waals surface area (Å²) in [6, 6.07) is 4.37. The van der Waals surface area contributed by atoms with Gasteiger partial charge in [-0.25, -0.2) is 4.39 Å². The van der Waals surface area contributed by atoms with Crippen LogP contribution < -0.4 is 5.73 Å². The van der Waals surface area contributed by atoms with E-state index >= 15 is 0 Å². The van der Waals surface area contributed by atoms with Gasteiger partial charge >= 0.3 is 0 Å². The van der Waals surface area contributed by atoms with Gasteiger partial charge in [0, 0.05) is 16.6 Å². The van der Waals surface area contributed by atoms with Crippen LogP contribution in [-0.4, -0.2) is 12.2 Å². The predicted molar refractivity (Wildman–Crippen MR) is 76.0 cm³/mol. The second-order valence-electron chi connectivity index (χ2n) is 4.35. The molecule has 0 saturated carbocycles. The molecule has 1 rings (SSSR count). The summed E-state index contributed by atoms with van der Waals surface area (Å²) in [5.41, 5.74) is 6.26. The van der Waals surface area contributed by atoms with Crippen LogP contribution in [0.1, 0.15) is 45.2 Å². The summed E-state index contributed by atoms with van der Waals surface area (Å²) >= 11 is 3.35. The molecule has 0 aromatic heterocycles. The van der Waals surface area contributed by atoms with E-state index in [-0.39, 0.29) is 5.82 Å². The van der Waals surface area contributed by atoms with Crippen LogP contribution in [0.2, 0.25) is 0 Å². The minimum atomic E-state index is -0.504. The lowest BCUT2D eigenvalue weighted by Gasteiger charge is -2.37. The Morgan fingerprint density at radius 3 is 2.44 bits per heavy atom. The van der Waals surface area contributed by atoms with Crippen LogP contribution in [0, 0.1) is 5.82 Å². The molecule has 0 fully saturated rings. The number of hydrogen-bond donors (Lipinski definition) is 1. The molecule has 1 aromatic rings. The SMILES string of the molecule is CCOC(CC)(CC)C(N)c1cc(Br)ccc1F. The molecule has 102 valence electrons. The third-order valence-corrected chi connectivity index (χ3v) is 3.98. The van der Waals surface area contributed by atoms with E-state index in [9.17, 15) is 4.39 Å². The Kier molecular flexibility index (Phi) is 5.76. The Morgan fingerprint density at radius 2 is 1.94 bits per heavy atom. The number of ether oxygens (including phenoxy) is 1. The van der Waals surface area contributed by atoms with E-state index in [1.807, 2.05) is 20.8 Å². The second kappa shape index (κ2) is 6.64. The number of halogens is 2. The van der Waals surface area contributed by atoms with Crippen molar-refractivity contribution in [2.24, 2.45) is 5.73 Å². The maximum absolute atomic E-state index is 13.9. The van der Waals surface area contributed by atoms with Crippen LogP contribution in [0.3, 0.4) is 0 Å². The van der Waals surface area contributed by atoms with Crippen molar-refractivity contribution in [3.05, 3.63) is 34.1 Å². The lowest BCUT2D eigenvalue weighted by Crippen LogP contribution is -2.43. The van der Waals surface area contributed by atoms with Crippen LogP contribution in [0.25, 0.3) is 0 Å². The summed E-state index contributed by atoms with van der Waals surface area (Å²) in [7, 11) is 0. The summed E-state index contributed by atoms with van der Waals surface area (Å²) < 4.78 is 20.6. The zero-order chi connectivity index (χ0) is 13.8. The molecule has 4 heteroatoms. The lowest BCUT2D eigenvalue weighted by molar-refractivity contribution is -0.0652. The highest BCUT2D eigenvalue weighted by molar-refractivity contribution is 9.10. The summed E-state index contributed by atoms with van der Waals surface area (Å²) in [5, 5.41) is 0. The normalized spacial score (nSPS) is 13.7. The Morgan fingerprint density at radius 1 is 1.33 bits per heavy atom. The van der Waals surface area contributed by atoms with Gasteiger partial charge in [-0.05, 0) is 38.0 Å². The highest BCUT2D eigenvalue weighted by Crippen LogP contribution is 2.35. The van der Waals surface area contributed by atoms with E-state index < -0.39 is 11.6 Å². The molecular weight excluding hydrogens is 297 g/mol. The predicted octanol–water partition coefficient (Wildman–Crippen LogP) is 4.18. The van der Waals surface area contributed by atoms with Crippen molar-refractivity contribution in [2.45, 2.75) is 45.3 Å². The molecular formula is C14H21BrFNO. The van der Waals surface area contributed by atoms with Crippen LogP contribution in [0.4, 0.5) is 4.39 Å². The van der Waals surface area contributed by atoms with Gasteiger partial charge in [-0.2, -0.15) is 0 Å².